The van der Waals surface area contributed by atoms with Gasteiger partial charge < -0.3 is 0 Å². The summed E-state index contributed by atoms with van der Waals surface area (Å²) in [7, 11) is 0. The number of aromatic nitrogens is 1. The number of fused-ring (bicyclic) bond motifs is 1. The van der Waals surface area contributed by atoms with Crippen LogP contribution in [0.5, 0.6) is 0 Å². The van der Waals surface area contributed by atoms with Crippen LogP contribution in [0.25, 0.3) is 10.2 Å². The Bertz CT molecular complexity index is 702. The molecule has 1 saturated heterocycles. The maximum atomic E-state index is 4.83. The van der Waals surface area contributed by atoms with E-state index in [1.165, 1.54) is 28.2 Å². The Kier molecular flexibility index (Phi) is 3.45. The van der Waals surface area contributed by atoms with Crippen molar-refractivity contribution in [1.29, 1.82) is 0 Å². The summed E-state index contributed by atoms with van der Waals surface area (Å²) in [5, 5.41) is 1.31. The minimum atomic E-state index is 0.603. The van der Waals surface area contributed by atoms with Crippen LogP contribution >= 0.6 is 11.3 Å². The molecule has 3 aromatic rings. The standard InChI is InChI=1S/C18H18N2S/c1-2-6-14(7-3-1)12-20-11-10-15(13-20)18-19-16-8-4-5-9-17(16)21-18/h1-9,15H,10-13H2/t15-/m0/s1. The number of hydrogen-bond donors (Lipinski definition) is 0. The number of hydrogen-bond acceptors (Lipinski definition) is 3. The first-order valence-electron chi connectivity index (χ1n) is 7.50. The molecule has 3 heteroatoms. The van der Waals surface area contributed by atoms with Crippen LogP contribution < -0.4 is 0 Å². The van der Waals surface area contributed by atoms with Crippen LogP contribution in [0.2, 0.25) is 0 Å². The Morgan fingerprint density at radius 3 is 2.71 bits per heavy atom. The molecule has 0 unspecified atom stereocenters. The van der Waals surface area contributed by atoms with E-state index in [-0.39, 0.29) is 0 Å². The molecule has 2 heterocycles. The Morgan fingerprint density at radius 2 is 1.86 bits per heavy atom. The normalized spacial score (nSPS) is 19.3. The molecule has 1 fully saturated rings. The predicted octanol–water partition coefficient (Wildman–Crippen LogP) is 4.29. The van der Waals surface area contributed by atoms with Gasteiger partial charge in [-0.05, 0) is 30.7 Å². The van der Waals surface area contributed by atoms with Crippen molar-refractivity contribution in [2.45, 2.75) is 18.9 Å². The first kappa shape index (κ1) is 13.0. The number of likely N-dealkylation sites (tertiary alicyclic amines) is 1. The van der Waals surface area contributed by atoms with E-state index in [0.29, 0.717) is 5.92 Å². The molecule has 0 bridgehead atoms. The molecule has 0 N–H and O–H groups in total. The second-order valence-corrected chi connectivity index (χ2v) is 6.79. The topological polar surface area (TPSA) is 16.1 Å². The van der Waals surface area contributed by atoms with E-state index in [1.54, 1.807) is 0 Å². The highest BCUT2D eigenvalue weighted by molar-refractivity contribution is 7.18. The van der Waals surface area contributed by atoms with Gasteiger partial charge in [0.2, 0.25) is 0 Å². The molecule has 1 atom stereocenters. The van der Waals surface area contributed by atoms with E-state index in [0.717, 1.165) is 18.6 Å². The van der Waals surface area contributed by atoms with E-state index < -0.39 is 0 Å². The smallest absolute Gasteiger partial charge is 0.0982 e. The van der Waals surface area contributed by atoms with Crippen molar-refractivity contribution in [3.8, 4) is 0 Å². The molecule has 4 rings (SSSR count). The lowest BCUT2D eigenvalue weighted by Crippen LogP contribution is -2.19. The maximum absolute atomic E-state index is 4.83. The lowest BCUT2D eigenvalue weighted by atomic mass is 10.1. The zero-order chi connectivity index (χ0) is 14.1. The Labute approximate surface area is 129 Å². The van der Waals surface area contributed by atoms with Crippen molar-refractivity contribution < 1.29 is 0 Å². The van der Waals surface area contributed by atoms with Gasteiger partial charge in [-0.2, -0.15) is 0 Å². The van der Waals surface area contributed by atoms with Crippen LogP contribution in [0, 0.1) is 0 Å². The third kappa shape index (κ3) is 2.71. The fourth-order valence-electron chi connectivity index (χ4n) is 3.08. The van der Waals surface area contributed by atoms with Gasteiger partial charge in [0.25, 0.3) is 0 Å². The lowest BCUT2D eigenvalue weighted by molar-refractivity contribution is 0.327. The third-order valence-corrected chi connectivity index (χ3v) is 5.38. The van der Waals surface area contributed by atoms with Gasteiger partial charge in [-0.1, -0.05) is 42.5 Å². The minimum absolute atomic E-state index is 0.603. The van der Waals surface area contributed by atoms with Gasteiger partial charge in [0, 0.05) is 19.0 Å². The summed E-state index contributed by atoms with van der Waals surface area (Å²) in [4.78, 5) is 7.38. The van der Waals surface area contributed by atoms with Gasteiger partial charge >= 0.3 is 0 Å². The van der Waals surface area contributed by atoms with Crippen LogP contribution in [0.15, 0.2) is 54.6 Å². The van der Waals surface area contributed by atoms with Crippen LogP contribution in [0.3, 0.4) is 0 Å². The van der Waals surface area contributed by atoms with Gasteiger partial charge in [-0.3, -0.25) is 4.90 Å². The zero-order valence-corrected chi connectivity index (χ0v) is 12.7. The predicted molar refractivity (Wildman–Crippen MR) is 88.7 cm³/mol. The molecule has 0 radical (unpaired) electrons. The molecule has 0 aliphatic carbocycles. The average molecular weight is 294 g/mol. The number of nitrogens with zero attached hydrogens (tertiary/aromatic N) is 2. The molecule has 1 aliphatic heterocycles. The molecule has 106 valence electrons. The molecular formula is C18H18N2S. The monoisotopic (exact) mass is 294 g/mol. The molecule has 0 saturated carbocycles. The van der Waals surface area contributed by atoms with E-state index in [9.17, 15) is 0 Å². The quantitative estimate of drug-likeness (QED) is 0.716. The molecule has 1 aromatic heterocycles. The van der Waals surface area contributed by atoms with Crippen LogP contribution in [0.1, 0.15) is 22.9 Å². The zero-order valence-electron chi connectivity index (χ0n) is 11.9. The van der Waals surface area contributed by atoms with Gasteiger partial charge in [0.05, 0.1) is 15.2 Å². The Hall–Kier alpha value is -1.71. The van der Waals surface area contributed by atoms with Gasteiger partial charge in [-0.15, -0.1) is 11.3 Å². The first-order chi connectivity index (χ1) is 10.4. The summed E-state index contributed by atoms with van der Waals surface area (Å²) in [5.74, 6) is 0.603. The van der Waals surface area contributed by atoms with Crippen molar-refractivity contribution in [3.63, 3.8) is 0 Å². The number of thiazole rings is 1. The highest BCUT2D eigenvalue weighted by atomic mass is 32.1. The van der Waals surface area contributed by atoms with Gasteiger partial charge in [-0.25, -0.2) is 4.98 Å². The minimum Gasteiger partial charge on any atom is -0.298 e. The summed E-state index contributed by atoms with van der Waals surface area (Å²) in [6, 6.07) is 19.2. The fraction of sp³-hybridized carbons (Fsp3) is 0.278. The molecule has 2 aromatic carbocycles. The third-order valence-electron chi connectivity index (χ3n) is 4.18. The van der Waals surface area contributed by atoms with Crippen LogP contribution in [-0.2, 0) is 6.54 Å². The van der Waals surface area contributed by atoms with Crippen molar-refractivity contribution in [1.82, 2.24) is 9.88 Å². The molecule has 0 spiro atoms. The van der Waals surface area contributed by atoms with Crippen molar-refractivity contribution >= 4 is 21.6 Å². The second kappa shape index (κ2) is 5.58. The largest absolute Gasteiger partial charge is 0.298 e. The summed E-state index contributed by atoms with van der Waals surface area (Å²) in [6.45, 7) is 3.37. The molecule has 21 heavy (non-hydrogen) atoms. The van der Waals surface area contributed by atoms with Crippen LogP contribution in [-0.4, -0.2) is 23.0 Å². The van der Waals surface area contributed by atoms with Gasteiger partial charge in [0.1, 0.15) is 0 Å². The highest BCUT2D eigenvalue weighted by Crippen LogP contribution is 2.33. The number of benzene rings is 2. The molecule has 1 aliphatic rings. The fourth-order valence-corrected chi connectivity index (χ4v) is 4.18. The summed E-state index contributed by atoms with van der Waals surface area (Å²) in [5.41, 5.74) is 2.56. The van der Waals surface area contributed by atoms with Crippen molar-refractivity contribution in [3.05, 3.63) is 65.2 Å². The first-order valence-corrected chi connectivity index (χ1v) is 8.32. The summed E-state index contributed by atoms with van der Waals surface area (Å²) in [6.07, 6.45) is 1.23. The number of para-hydroxylation sites is 1. The van der Waals surface area contributed by atoms with E-state index >= 15 is 0 Å². The maximum Gasteiger partial charge on any atom is 0.0982 e. The van der Waals surface area contributed by atoms with Crippen molar-refractivity contribution in [2.75, 3.05) is 13.1 Å². The SMILES string of the molecule is c1ccc(CN2CC[C@H](c3nc4ccccc4s3)C2)cc1. The molecule has 2 nitrogen and oxygen atoms in total. The second-order valence-electron chi connectivity index (χ2n) is 5.73. The highest BCUT2D eigenvalue weighted by Gasteiger charge is 2.26. The average Bonchev–Trinajstić information content (AvgIpc) is 3.14. The molecule has 0 amide bonds. The molecular weight excluding hydrogens is 276 g/mol. The Balaban J connectivity index is 1.48. The van der Waals surface area contributed by atoms with E-state index in [4.69, 9.17) is 4.98 Å². The van der Waals surface area contributed by atoms with Crippen LogP contribution in [0.4, 0.5) is 0 Å². The Morgan fingerprint density at radius 1 is 1.05 bits per heavy atom. The van der Waals surface area contributed by atoms with E-state index in [1.807, 2.05) is 11.3 Å². The number of rotatable bonds is 3. The van der Waals surface area contributed by atoms with E-state index in [2.05, 4.69) is 59.5 Å². The van der Waals surface area contributed by atoms with Crippen molar-refractivity contribution in [2.24, 2.45) is 0 Å². The van der Waals surface area contributed by atoms with Gasteiger partial charge in [0.15, 0.2) is 0 Å². The summed E-state index contributed by atoms with van der Waals surface area (Å²) >= 11 is 1.87. The summed E-state index contributed by atoms with van der Waals surface area (Å²) < 4.78 is 1.31. The lowest BCUT2D eigenvalue weighted by Gasteiger charge is -2.15.